The molecule has 2 N–H and O–H groups in total. The number of ether oxygens (including phenoxy) is 1. The predicted octanol–water partition coefficient (Wildman–Crippen LogP) is 4.91. The second kappa shape index (κ2) is 7.87. The summed E-state index contributed by atoms with van der Waals surface area (Å²) in [6, 6.07) is 7.55. The Balaban J connectivity index is 2.13. The molecule has 0 aliphatic carbocycles. The van der Waals surface area contributed by atoms with E-state index >= 15 is 0 Å². The highest BCUT2D eigenvalue weighted by molar-refractivity contribution is 6.04. The molecular formula is C22H24N4O3. The van der Waals surface area contributed by atoms with Crippen LogP contribution in [0.5, 0.6) is 0 Å². The van der Waals surface area contributed by atoms with E-state index in [0.717, 1.165) is 27.5 Å². The van der Waals surface area contributed by atoms with Crippen molar-refractivity contribution in [1.29, 1.82) is 0 Å². The molecule has 0 aliphatic rings. The first-order valence-corrected chi connectivity index (χ1v) is 9.25. The van der Waals surface area contributed by atoms with Crippen molar-refractivity contribution in [1.82, 2.24) is 9.97 Å². The molecule has 2 heterocycles. The van der Waals surface area contributed by atoms with Gasteiger partial charge in [-0.3, -0.25) is 15.1 Å². The van der Waals surface area contributed by atoms with Crippen LogP contribution >= 0.6 is 0 Å². The number of hydrogen-bond donors (Lipinski definition) is 2. The van der Waals surface area contributed by atoms with Crippen LogP contribution in [0.25, 0.3) is 21.9 Å². The molecule has 7 heteroatoms. The summed E-state index contributed by atoms with van der Waals surface area (Å²) in [5.74, 6) is 0.233. The molecule has 0 radical (unpaired) electrons. The van der Waals surface area contributed by atoms with E-state index in [1.807, 2.05) is 25.1 Å². The summed E-state index contributed by atoms with van der Waals surface area (Å²) in [6.07, 6.45) is 4.58. The fraction of sp³-hybridized carbons (Fsp3) is 0.273. The lowest BCUT2D eigenvalue weighted by atomic mass is 9.99. The summed E-state index contributed by atoms with van der Waals surface area (Å²) in [4.78, 5) is 32.3. The first-order chi connectivity index (χ1) is 13.6. The molecule has 0 aliphatic heterocycles. The van der Waals surface area contributed by atoms with Gasteiger partial charge in [0, 0.05) is 36.5 Å². The van der Waals surface area contributed by atoms with Crippen LogP contribution in [-0.2, 0) is 9.53 Å². The number of pyridine rings is 2. The number of hydrogen-bond acceptors (Lipinski definition) is 5. The Bertz CT molecular complexity index is 1090. The molecule has 7 nitrogen and oxygen atoms in total. The van der Waals surface area contributed by atoms with Gasteiger partial charge in [0.15, 0.2) is 0 Å². The molecule has 29 heavy (non-hydrogen) atoms. The third-order valence-electron chi connectivity index (χ3n) is 4.13. The number of aromatic nitrogens is 2. The SMILES string of the molecule is CC(=O)Nc1cc2cc(-c3cnccc3C)cc(NC(=O)OC(C)(C)C)c2cn1. The van der Waals surface area contributed by atoms with Gasteiger partial charge >= 0.3 is 6.09 Å². The van der Waals surface area contributed by atoms with Crippen molar-refractivity contribution >= 4 is 34.3 Å². The van der Waals surface area contributed by atoms with E-state index in [-0.39, 0.29) is 5.91 Å². The molecule has 3 aromatic rings. The predicted molar refractivity (Wildman–Crippen MR) is 114 cm³/mol. The smallest absolute Gasteiger partial charge is 0.412 e. The molecule has 3 rings (SSSR count). The minimum atomic E-state index is -0.617. The number of rotatable bonds is 3. The number of anilines is 2. The molecule has 0 bridgehead atoms. The molecular weight excluding hydrogens is 368 g/mol. The number of carbonyl (C=O) groups is 2. The Kier molecular flexibility index (Phi) is 5.50. The van der Waals surface area contributed by atoms with Crippen molar-refractivity contribution in [2.24, 2.45) is 0 Å². The summed E-state index contributed by atoms with van der Waals surface area (Å²) >= 11 is 0. The molecule has 0 saturated heterocycles. The number of fused-ring (bicyclic) bond motifs is 1. The highest BCUT2D eigenvalue weighted by Crippen LogP contribution is 2.33. The molecule has 0 fully saturated rings. The molecule has 2 aromatic heterocycles. The number of carbonyl (C=O) groups excluding carboxylic acids is 2. The van der Waals surface area contributed by atoms with Crippen LogP contribution < -0.4 is 10.6 Å². The molecule has 150 valence electrons. The molecule has 0 atom stereocenters. The largest absolute Gasteiger partial charge is 0.444 e. The van der Waals surface area contributed by atoms with E-state index in [1.54, 1.807) is 45.4 Å². The highest BCUT2D eigenvalue weighted by atomic mass is 16.6. The van der Waals surface area contributed by atoms with E-state index in [0.29, 0.717) is 11.5 Å². The van der Waals surface area contributed by atoms with Gasteiger partial charge in [0.2, 0.25) is 5.91 Å². The van der Waals surface area contributed by atoms with Gasteiger partial charge in [-0.25, -0.2) is 9.78 Å². The van der Waals surface area contributed by atoms with Crippen molar-refractivity contribution in [2.75, 3.05) is 10.6 Å². The maximum Gasteiger partial charge on any atom is 0.412 e. The monoisotopic (exact) mass is 392 g/mol. The topological polar surface area (TPSA) is 93.2 Å². The Hall–Kier alpha value is -3.48. The normalized spacial score (nSPS) is 11.2. The van der Waals surface area contributed by atoms with Crippen LogP contribution in [0.2, 0.25) is 0 Å². The van der Waals surface area contributed by atoms with Gasteiger partial charge in [-0.1, -0.05) is 0 Å². The number of nitrogens with one attached hydrogen (secondary N) is 2. The highest BCUT2D eigenvalue weighted by Gasteiger charge is 2.18. The van der Waals surface area contributed by atoms with Crippen LogP contribution in [-0.4, -0.2) is 27.6 Å². The van der Waals surface area contributed by atoms with Crippen LogP contribution in [0.4, 0.5) is 16.3 Å². The first-order valence-electron chi connectivity index (χ1n) is 9.25. The molecule has 1 aromatic carbocycles. The van der Waals surface area contributed by atoms with Crippen molar-refractivity contribution in [2.45, 2.75) is 40.2 Å². The molecule has 2 amide bonds. The number of nitrogens with zero attached hydrogens (tertiary/aromatic N) is 2. The lowest BCUT2D eigenvalue weighted by Gasteiger charge is -2.20. The molecule has 0 saturated carbocycles. The fourth-order valence-corrected chi connectivity index (χ4v) is 2.95. The van der Waals surface area contributed by atoms with Crippen molar-refractivity contribution in [3.8, 4) is 11.1 Å². The summed E-state index contributed by atoms with van der Waals surface area (Å²) in [6.45, 7) is 8.85. The lowest BCUT2D eigenvalue weighted by molar-refractivity contribution is -0.114. The van der Waals surface area contributed by atoms with Gasteiger partial charge in [-0.15, -0.1) is 0 Å². The van der Waals surface area contributed by atoms with E-state index < -0.39 is 11.7 Å². The first kappa shape index (κ1) is 20.3. The van der Waals surface area contributed by atoms with Gasteiger partial charge in [0.25, 0.3) is 0 Å². The summed E-state index contributed by atoms with van der Waals surface area (Å²) in [5.41, 5.74) is 2.83. The number of amides is 2. The third kappa shape index (κ3) is 5.07. The van der Waals surface area contributed by atoms with Crippen LogP contribution in [0, 0.1) is 6.92 Å². The summed E-state index contributed by atoms with van der Waals surface area (Å²) < 4.78 is 5.40. The zero-order valence-corrected chi connectivity index (χ0v) is 17.2. The zero-order valence-electron chi connectivity index (χ0n) is 17.2. The second-order valence-electron chi connectivity index (χ2n) is 7.81. The maximum atomic E-state index is 12.4. The lowest BCUT2D eigenvalue weighted by Crippen LogP contribution is -2.27. The van der Waals surface area contributed by atoms with Gasteiger partial charge in [-0.2, -0.15) is 0 Å². The van der Waals surface area contributed by atoms with E-state index in [4.69, 9.17) is 4.74 Å². The van der Waals surface area contributed by atoms with Gasteiger partial charge in [-0.05, 0) is 68.5 Å². The summed E-state index contributed by atoms with van der Waals surface area (Å²) in [7, 11) is 0. The summed E-state index contributed by atoms with van der Waals surface area (Å²) in [5, 5.41) is 7.05. The third-order valence-corrected chi connectivity index (χ3v) is 4.13. The maximum absolute atomic E-state index is 12.4. The average molecular weight is 392 g/mol. The number of benzene rings is 1. The average Bonchev–Trinajstić information content (AvgIpc) is 2.59. The Morgan fingerprint density at radius 2 is 1.83 bits per heavy atom. The van der Waals surface area contributed by atoms with E-state index in [9.17, 15) is 9.59 Å². The fourth-order valence-electron chi connectivity index (χ4n) is 2.95. The van der Waals surface area contributed by atoms with Crippen molar-refractivity contribution in [3.05, 3.63) is 48.4 Å². The standard InChI is InChI=1S/C22H24N4O3/c1-13-6-7-23-11-17(13)15-8-16-10-20(25-14(2)27)24-12-18(16)19(9-15)26-21(28)29-22(3,4)5/h6-12H,1-5H3,(H,26,28)(H,24,25,27). The minimum absolute atomic E-state index is 0.205. The molecule has 0 spiro atoms. The van der Waals surface area contributed by atoms with Crippen LogP contribution in [0.15, 0.2) is 42.9 Å². The molecule has 0 unspecified atom stereocenters. The Morgan fingerprint density at radius 3 is 2.48 bits per heavy atom. The van der Waals surface area contributed by atoms with Gasteiger partial charge < -0.3 is 10.1 Å². The van der Waals surface area contributed by atoms with Crippen molar-refractivity contribution in [3.63, 3.8) is 0 Å². The van der Waals surface area contributed by atoms with Crippen LogP contribution in [0.1, 0.15) is 33.3 Å². The van der Waals surface area contributed by atoms with E-state index in [1.165, 1.54) is 6.92 Å². The minimum Gasteiger partial charge on any atom is -0.444 e. The zero-order chi connectivity index (χ0) is 21.2. The van der Waals surface area contributed by atoms with Gasteiger partial charge in [0.05, 0.1) is 5.69 Å². The Labute approximate surface area is 169 Å². The second-order valence-corrected chi connectivity index (χ2v) is 7.81. The number of aryl methyl sites for hydroxylation is 1. The van der Waals surface area contributed by atoms with Crippen molar-refractivity contribution < 1.29 is 14.3 Å². The Morgan fingerprint density at radius 1 is 1.07 bits per heavy atom. The van der Waals surface area contributed by atoms with Crippen LogP contribution in [0.3, 0.4) is 0 Å². The van der Waals surface area contributed by atoms with E-state index in [2.05, 4.69) is 20.6 Å². The quantitative estimate of drug-likeness (QED) is 0.660. The van der Waals surface area contributed by atoms with Gasteiger partial charge in [0.1, 0.15) is 11.4 Å².